The SMILES string of the molecule is CC(C)=C/C=C(\N)CC(C)C. The molecule has 0 amide bonds. The fraction of sp³-hybridized carbons (Fsp3) is 0.600. The van der Waals surface area contributed by atoms with Gasteiger partial charge >= 0.3 is 0 Å². The number of allylic oxidation sites excluding steroid dienone is 4. The van der Waals surface area contributed by atoms with Crippen molar-refractivity contribution in [2.75, 3.05) is 0 Å². The van der Waals surface area contributed by atoms with Crippen LogP contribution in [0.5, 0.6) is 0 Å². The highest BCUT2D eigenvalue weighted by molar-refractivity contribution is 5.13. The Morgan fingerprint density at radius 3 is 2.18 bits per heavy atom. The molecule has 0 aliphatic carbocycles. The van der Waals surface area contributed by atoms with E-state index in [1.807, 2.05) is 6.08 Å². The van der Waals surface area contributed by atoms with Crippen molar-refractivity contribution in [3.8, 4) is 0 Å². The van der Waals surface area contributed by atoms with E-state index in [1.54, 1.807) is 0 Å². The Morgan fingerprint density at radius 2 is 1.82 bits per heavy atom. The van der Waals surface area contributed by atoms with Crippen molar-refractivity contribution >= 4 is 0 Å². The monoisotopic (exact) mass is 153 g/mol. The zero-order valence-corrected chi connectivity index (χ0v) is 8.02. The molecule has 0 aromatic heterocycles. The molecule has 0 aliphatic heterocycles. The first kappa shape index (κ1) is 10.3. The van der Waals surface area contributed by atoms with Crippen LogP contribution in [0.2, 0.25) is 0 Å². The molecule has 0 radical (unpaired) electrons. The minimum absolute atomic E-state index is 0.650. The van der Waals surface area contributed by atoms with Gasteiger partial charge in [-0.25, -0.2) is 0 Å². The smallest absolute Gasteiger partial charge is 0.00830 e. The highest BCUT2D eigenvalue weighted by atomic mass is 14.6. The van der Waals surface area contributed by atoms with Crippen molar-refractivity contribution < 1.29 is 0 Å². The van der Waals surface area contributed by atoms with Crippen LogP contribution in [-0.4, -0.2) is 0 Å². The van der Waals surface area contributed by atoms with Crippen molar-refractivity contribution in [1.29, 1.82) is 0 Å². The molecule has 0 unspecified atom stereocenters. The Labute approximate surface area is 70.0 Å². The predicted octanol–water partition coefficient (Wildman–Crippen LogP) is 2.84. The maximum absolute atomic E-state index is 5.74. The molecule has 0 aromatic carbocycles. The van der Waals surface area contributed by atoms with Crippen LogP contribution < -0.4 is 5.73 Å². The van der Waals surface area contributed by atoms with Crippen molar-refractivity contribution in [3.63, 3.8) is 0 Å². The first-order valence-electron chi connectivity index (χ1n) is 4.12. The molecule has 1 heteroatoms. The number of hydrogen-bond donors (Lipinski definition) is 1. The van der Waals surface area contributed by atoms with E-state index in [0.29, 0.717) is 5.92 Å². The van der Waals surface area contributed by atoms with E-state index in [2.05, 4.69) is 33.8 Å². The summed E-state index contributed by atoms with van der Waals surface area (Å²) in [6.07, 6.45) is 5.04. The largest absolute Gasteiger partial charge is 0.402 e. The molecule has 0 fully saturated rings. The van der Waals surface area contributed by atoms with Gasteiger partial charge < -0.3 is 5.73 Å². The average Bonchev–Trinajstić information content (AvgIpc) is 1.82. The van der Waals surface area contributed by atoms with E-state index >= 15 is 0 Å². The molecule has 64 valence electrons. The Kier molecular flexibility index (Phi) is 4.67. The maximum atomic E-state index is 5.74. The summed E-state index contributed by atoms with van der Waals surface area (Å²) in [6, 6.07) is 0. The number of hydrogen-bond acceptors (Lipinski definition) is 1. The van der Waals surface area contributed by atoms with Gasteiger partial charge in [-0.2, -0.15) is 0 Å². The molecule has 0 aliphatic rings. The molecule has 0 saturated heterocycles. The Bertz CT molecular complexity index is 160. The minimum Gasteiger partial charge on any atom is -0.402 e. The maximum Gasteiger partial charge on any atom is 0.00830 e. The molecule has 0 saturated carbocycles. The van der Waals surface area contributed by atoms with Crippen LogP contribution in [0, 0.1) is 5.92 Å². The fourth-order valence-corrected chi connectivity index (χ4v) is 0.813. The van der Waals surface area contributed by atoms with E-state index in [4.69, 9.17) is 5.73 Å². The highest BCUT2D eigenvalue weighted by Gasteiger charge is 1.93. The molecule has 0 bridgehead atoms. The van der Waals surface area contributed by atoms with Gasteiger partial charge in [-0.3, -0.25) is 0 Å². The lowest BCUT2D eigenvalue weighted by atomic mass is 10.1. The summed E-state index contributed by atoms with van der Waals surface area (Å²) in [5.74, 6) is 0.650. The first-order chi connectivity index (χ1) is 5.02. The van der Waals surface area contributed by atoms with Gasteiger partial charge in [-0.05, 0) is 32.3 Å². The van der Waals surface area contributed by atoms with Crippen molar-refractivity contribution in [3.05, 3.63) is 23.4 Å². The lowest BCUT2D eigenvalue weighted by Gasteiger charge is -2.02. The summed E-state index contributed by atoms with van der Waals surface area (Å²) in [4.78, 5) is 0. The second-order valence-electron chi connectivity index (χ2n) is 3.58. The van der Waals surface area contributed by atoms with Crippen LogP contribution in [0.25, 0.3) is 0 Å². The van der Waals surface area contributed by atoms with E-state index in [9.17, 15) is 0 Å². The minimum atomic E-state index is 0.650. The molecule has 1 nitrogen and oxygen atoms in total. The second-order valence-corrected chi connectivity index (χ2v) is 3.58. The van der Waals surface area contributed by atoms with Crippen LogP contribution in [-0.2, 0) is 0 Å². The third-order valence-corrected chi connectivity index (χ3v) is 1.27. The van der Waals surface area contributed by atoms with Gasteiger partial charge in [0.1, 0.15) is 0 Å². The number of rotatable bonds is 3. The summed E-state index contributed by atoms with van der Waals surface area (Å²) in [5, 5.41) is 0. The fourth-order valence-electron chi connectivity index (χ4n) is 0.813. The molecule has 0 heterocycles. The summed E-state index contributed by atoms with van der Waals surface area (Å²) in [7, 11) is 0. The third kappa shape index (κ3) is 7.17. The summed E-state index contributed by atoms with van der Waals surface area (Å²) < 4.78 is 0. The van der Waals surface area contributed by atoms with Crippen molar-refractivity contribution in [2.45, 2.75) is 34.1 Å². The zero-order chi connectivity index (χ0) is 8.85. The van der Waals surface area contributed by atoms with Gasteiger partial charge in [0.15, 0.2) is 0 Å². The predicted molar refractivity (Wildman–Crippen MR) is 51.2 cm³/mol. The van der Waals surface area contributed by atoms with E-state index in [-0.39, 0.29) is 0 Å². The van der Waals surface area contributed by atoms with Crippen LogP contribution >= 0.6 is 0 Å². The summed E-state index contributed by atoms with van der Waals surface area (Å²) in [5.41, 5.74) is 8.00. The van der Waals surface area contributed by atoms with Crippen molar-refractivity contribution in [2.24, 2.45) is 11.7 Å². The second kappa shape index (κ2) is 5.00. The van der Waals surface area contributed by atoms with Crippen LogP contribution in [0.3, 0.4) is 0 Å². The third-order valence-electron chi connectivity index (χ3n) is 1.27. The highest BCUT2D eigenvalue weighted by Crippen LogP contribution is 2.05. The lowest BCUT2D eigenvalue weighted by Crippen LogP contribution is -2.00. The van der Waals surface area contributed by atoms with Gasteiger partial charge in [0.2, 0.25) is 0 Å². The molecule has 11 heavy (non-hydrogen) atoms. The molecule has 2 N–H and O–H groups in total. The van der Waals surface area contributed by atoms with Gasteiger partial charge in [-0.15, -0.1) is 0 Å². The van der Waals surface area contributed by atoms with Crippen molar-refractivity contribution in [1.82, 2.24) is 0 Å². The Morgan fingerprint density at radius 1 is 1.27 bits per heavy atom. The standard InChI is InChI=1S/C10H19N/c1-8(2)5-6-10(11)7-9(3)4/h5-6,9H,7,11H2,1-4H3/b10-6-. The number of nitrogens with two attached hydrogens (primary N) is 1. The Hall–Kier alpha value is -0.720. The van der Waals surface area contributed by atoms with Crippen LogP contribution in [0.4, 0.5) is 0 Å². The quantitative estimate of drug-likeness (QED) is 0.620. The molecule has 0 rings (SSSR count). The van der Waals surface area contributed by atoms with E-state index in [0.717, 1.165) is 12.1 Å². The van der Waals surface area contributed by atoms with Crippen LogP contribution in [0.15, 0.2) is 23.4 Å². The first-order valence-corrected chi connectivity index (χ1v) is 4.12. The van der Waals surface area contributed by atoms with E-state index < -0.39 is 0 Å². The average molecular weight is 153 g/mol. The van der Waals surface area contributed by atoms with Gasteiger partial charge in [0.05, 0.1) is 0 Å². The van der Waals surface area contributed by atoms with Gasteiger partial charge in [-0.1, -0.05) is 25.5 Å². The zero-order valence-electron chi connectivity index (χ0n) is 8.02. The molecule has 0 spiro atoms. The lowest BCUT2D eigenvalue weighted by molar-refractivity contribution is 0.638. The van der Waals surface area contributed by atoms with Gasteiger partial charge in [0.25, 0.3) is 0 Å². The van der Waals surface area contributed by atoms with Gasteiger partial charge in [0, 0.05) is 5.70 Å². The molecule has 0 atom stereocenters. The summed E-state index contributed by atoms with van der Waals surface area (Å²) >= 11 is 0. The van der Waals surface area contributed by atoms with E-state index in [1.165, 1.54) is 5.57 Å². The Balaban J connectivity index is 3.91. The van der Waals surface area contributed by atoms with Crippen LogP contribution in [0.1, 0.15) is 34.1 Å². The molecular formula is C10H19N. The molecule has 0 aromatic rings. The summed E-state index contributed by atoms with van der Waals surface area (Å²) in [6.45, 7) is 8.48. The normalized spacial score (nSPS) is 11.9. The topological polar surface area (TPSA) is 26.0 Å². The molecular weight excluding hydrogens is 134 g/mol.